The molecule has 2 aromatic rings. The van der Waals surface area contributed by atoms with Crippen LogP contribution >= 0.6 is 23.2 Å². The SMILES string of the molecule is Cc1cc(Cl)ccc1-c1ccc(C(=O)Cl)o1. The van der Waals surface area contributed by atoms with Crippen molar-refractivity contribution in [2.24, 2.45) is 0 Å². The van der Waals surface area contributed by atoms with Gasteiger partial charge in [-0.2, -0.15) is 0 Å². The van der Waals surface area contributed by atoms with Gasteiger partial charge in [0.25, 0.3) is 5.24 Å². The normalized spacial score (nSPS) is 10.4. The van der Waals surface area contributed by atoms with E-state index in [1.165, 1.54) is 0 Å². The summed E-state index contributed by atoms with van der Waals surface area (Å²) in [7, 11) is 0. The van der Waals surface area contributed by atoms with Gasteiger partial charge in [0.1, 0.15) is 5.76 Å². The van der Waals surface area contributed by atoms with Crippen molar-refractivity contribution < 1.29 is 9.21 Å². The van der Waals surface area contributed by atoms with Crippen molar-refractivity contribution in [2.45, 2.75) is 6.92 Å². The standard InChI is InChI=1S/C12H8Cl2O2/c1-7-6-8(13)2-3-9(7)10-4-5-11(16-10)12(14)15/h2-6H,1H3. The first-order valence-corrected chi connectivity index (χ1v) is 5.39. The molecular formula is C12H8Cl2O2. The first-order valence-electron chi connectivity index (χ1n) is 4.64. The average Bonchev–Trinajstić information content (AvgIpc) is 2.66. The quantitative estimate of drug-likeness (QED) is 0.749. The van der Waals surface area contributed by atoms with Crippen LogP contribution in [0.1, 0.15) is 16.1 Å². The van der Waals surface area contributed by atoms with Crippen molar-refractivity contribution in [3.8, 4) is 11.3 Å². The van der Waals surface area contributed by atoms with E-state index in [0.717, 1.165) is 11.1 Å². The van der Waals surface area contributed by atoms with E-state index in [1.54, 1.807) is 18.2 Å². The van der Waals surface area contributed by atoms with Gasteiger partial charge < -0.3 is 4.42 Å². The summed E-state index contributed by atoms with van der Waals surface area (Å²) in [5, 5.41) is 0.0688. The van der Waals surface area contributed by atoms with Crippen LogP contribution in [0.15, 0.2) is 34.7 Å². The van der Waals surface area contributed by atoms with Gasteiger partial charge in [-0.15, -0.1) is 0 Å². The monoisotopic (exact) mass is 254 g/mol. The molecule has 0 fully saturated rings. The lowest BCUT2D eigenvalue weighted by atomic mass is 10.1. The van der Waals surface area contributed by atoms with Crippen LogP contribution in [-0.2, 0) is 0 Å². The number of rotatable bonds is 2. The fourth-order valence-corrected chi connectivity index (χ4v) is 1.82. The number of benzene rings is 1. The van der Waals surface area contributed by atoms with E-state index in [0.29, 0.717) is 10.8 Å². The second-order valence-electron chi connectivity index (χ2n) is 3.40. The number of furan rings is 1. The molecule has 2 nitrogen and oxygen atoms in total. The minimum atomic E-state index is -0.599. The molecule has 1 heterocycles. The van der Waals surface area contributed by atoms with Crippen LogP contribution in [0.5, 0.6) is 0 Å². The Morgan fingerprint density at radius 1 is 1.25 bits per heavy atom. The highest BCUT2D eigenvalue weighted by molar-refractivity contribution is 6.67. The third-order valence-electron chi connectivity index (χ3n) is 2.25. The lowest BCUT2D eigenvalue weighted by Crippen LogP contribution is -1.83. The van der Waals surface area contributed by atoms with Crippen LogP contribution in [0.4, 0.5) is 0 Å². The number of halogens is 2. The predicted molar refractivity (Wildman–Crippen MR) is 64.1 cm³/mol. The zero-order valence-corrected chi connectivity index (χ0v) is 9.97. The van der Waals surface area contributed by atoms with Crippen molar-refractivity contribution >= 4 is 28.4 Å². The third kappa shape index (κ3) is 2.13. The van der Waals surface area contributed by atoms with E-state index in [2.05, 4.69) is 0 Å². The van der Waals surface area contributed by atoms with Crippen molar-refractivity contribution in [1.82, 2.24) is 0 Å². The van der Waals surface area contributed by atoms with Crippen LogP contribution in [0.25, 0.3) is 11.3 Å². The Kier molecular flexibility index (Phi) is 3.03. The maximum Gasteiger partial charge on any atom is 0.287 e. The molecule has 0 unspecified atom stereocenters. The highest BCUT2D eigenvalue weighted by Crippen LogP contribution is 2.27. The zero-order valence-electron chi connectivity index (χ0n) is 8.46. The van der Waals surface area contributed by atoms with Gasteiger partial charge in [0, 0.05) is 10.6 Å². The van der Waals surface area contributed by atoms with Crippen molar-refractivity contribution in [1.29, 1.82) is 0 Å². The summed E-state index contributed by atoms with van der Waals surface area (Å²) in [5.41, 5.74) is 1.88. The van der Waals surface area contributed by atoms with Gasteiger partial charge >= 0.3 is 0 Å². The molecule has 0 radical (unpaired) electrons. The fourth-order valence-electron chi connectivity index (χ4n) is 1.49. The van der Waals surface area contributed by atoms with E-state index in [1.807, 2.05) is 19.1 Å². The number of aryl methyl sites for hydroxylation is 1. The smallest absolute Gasteiger partial charge is 0.287 e. The highest BCUT2D eigenvalue weighted by Gasteiger charge is 2.11. The van der Waals surface area contributed by atoms with E-state index >= 15 is 0 Å². The van der Waals surface area contributed by atoms with Gasteiger partial charge in [-0.25, -0.2) is 0 Å². The fraction of sp³-hybridized carbons (Fsp3) is 0.0833. The molecule has 82 valence electrons. The maximum absolute atomic E-state index is 10.9. The van der Waals surface area contributed by atoms with Gasteiger partial charge in [-0.3, -0.25) is 4.79 Å². The molecule has 0 N–H and O–H groups in total. The molecule has 0 spiro atoms. The van der Waals surface area contributed by atoms with Crippen LogP contribution < -0.4 is 0 Å². The van der Waals surface area contributed by atoms with Gasteiger partial charge in [0.05, 0.1) is 0 Å². The minimum absolute atomic E-state index is 0.144. The van der Waals surface area contributed by atoms with Crippen LogP contribution in [0.3, 0.4) is 0 Å². The lowest BCUT2D eigenvalue weighted by Gasteiger charge is -2.02. The van der Waals surface area contributed by atoms with E-state index in [9.17, 15) is 4.79 Å². The molecule has 0 aliphatic heterocycles. The van der Waals surface area contributed by atoms with Gasteiger partial charge in [-0.1, -0.05) is 11.6 Å². The predicted octanol–water partition coefficient (Wildman–Crippen LogP) is 4.29. The molecule has 0 saturated heterocycles. The summed E-state index contributed by atoms with van der Waals surface area (Å²) in [6, 6.07) is 8.72. The lowest BCUT2D eigenvalue weighted by molar-refractivity contribution is 0.105. The summed E-state index contributed by atoms with van der Waals surface area (Å²) in [5.74, 6) is 0.754. The molecule has 0 aliphatic carbocycles. The second-order valence-corrected chi connectivity index (χ2v) is 4.18. The van der Waals surface area contributed by atoms with Crippen molar-refractivity contribution in [3.63, 3.8) is 0 Å². The Labute approximate surface area is 103 Å². The van der Waals surface area contributed by atoms with Crippen LogP contribution in [0, 0.1) is 6.92 Å². The van der Waals surface area contributed by atoms with Gasteiger partial charge in [0.2, 0.25) is 0 Å². The first-order chi connectivity index (χ1) is 7.58. The zero-order chi connectivity index (χ0) is 11.7. The summed E-state index contributed by atoms with van der Waals surface area (Å²) in [6.45, 7) is 1.92. The molecule has 0 atom stereocenters. The van der Waals surface area contributed by atoms with Gasteiger partial charge in [-0.05, 0) is 54.4 Å². The van der Waals surface area contributed by atoms with Gasteiger partial charge in [0.15, 0.2) is 5.76 Å². The molecule has 0 amide bonds. The number of carbonyl (C=O) groups excluding carboxylic acids is 1. The van der Waals surface area contributed by atoms with E-state index in [4.69, 9.17) is 27.6 Å². The summed E-state index contributed by atoms with van der Waals surface area (Å²) < 4.78 is 5.33. The molecule has 0 saturated carbocycles. The Balaban J connectivity index is 2.46. The molecule has 1 aromatic heterocycles. The molecule has 4 heteroatoms. The van der Waals surface area contributed by atoms with E-state index in [-0.39, 0.29) is 5.76 Å². The second kappa shape index (κ2) is 4.32. The third-order valence-corrected chi connectivity index (χ3v) is 2.67. The maximum atomic E-state index is 10.9. The molecule has 2 rings (SSSR count). The largest absolute Gasteiger partial charge is 0.452 e. The highest BCUT2D eigenvalue weighted by atomic mass is 35.5. The number of hydrogen-bond acceptors (Lipinski definition) is 2. The summed E-state index contributed by atoms with van der Waals surface area (Å²) >= 11 is 11.2. The Hall–Kier alpha value is -1.25. The summed E-state index contributed by atoms with van der Waals surface area (Å²) in [4.78, 5) is 10.9. The Bertz CT molecular complexity index is 544. The summed E-state index contributed by atoms with van der Waals surface area (Å²) in [6.07, 6.45) is 0. The van der Waals surface area contributed by atoms with Crippen LogP contribution in [0.2, 0.25) is 5.02 Å². The molecule has 1 aromatic carbocycles. The average molecular weight is 255 g/mol. The molecular weight excluding hydrogens is 247 g/mol. The molecule has 16 heavy (non-hydrogen) atoms. The topological polar surface area (TPSA) is 30.2 Å². The number of carbonyl (C=O) groups is 1. The van der Waals surface area contributed by atoms with Crippen molar-refractivity contribution in [3.05, 3.63) is 46.7 Å². The Morgan fingerprint density at radius 2 is 2.00 bits per heavy atom. The Morgan fingerprint density at radius 3 is 2.56 bits per heavy atom. The van der Waals surface area contributed by atoms with E-state index < -0.39 is 5.24 Å². The molecule has 0 bridgehead atoms. The minimum Gasteiger partial charge on any atom is -0.452 e. The van der Waals surface area contributed by atoms with Crippen molar-refractivity contribution in [2.75, 3.05) is 0 Å². The molecule has 0 aliphatic rings. The number of hydrogen-bond donors (Lipinski definition) is 0. The first kappa shape index (κ1) is 11.2. The van der Waals surface area contributed by atoms with Crippen LogP contribution in [-0.4, -0.2) is 5.24 Å².